The number of halogens is 1. The Bertz CT molecular complexity index is 641. The summed E-state index contributed by atoms with van der Waals surface area (Å²) in [5, 5.41) is 9.00. The Morgan fingerprint density at radius 2 is 2.11 bits per heavy atom. The molecular formula is C11H12ClNO5S. The minimum absolute atomic E-state index is 0.0240. The van der Waals surface area contributed by atoms with Crippen molar-refractivity contribution in [2.24, 2.45) is 0 Å². The van der Waals surface area contributed by atoms with E-state index in [1.165, 1.54) is 26.2 Å². The highest BCUT2D eigenvalue weighted by molar-refractivity contribution is 7.89. The molecule has 1 unspecified atom stereocenters. The number of carboxylic acid groups (broad SMARTS) is 1. The van der Waals surface area contributed by atoms with Crippen LogP contribution in [0.25, 0.3) is 0 Å². The smallest absolute Gasteiger partial charge is 0.345 e. The van der Waals surface area contributed by atoms with Crippen LogP contribution in [-0.2, 0) is 21.2 Å². The van der Waals surface area contributed by atoms with Crippen molar-refractivity contribution in [1.29, 1.82) is 0 Å². The van der Waals surface area contributed by atoms with E-state index in [1.807, 2.05) is 0 Å². The molecule has 1 N–H and O–H groups in total. The first-order chi connectivity index (χ1) is 8.73. The number of carboxylic acids is 1. The van der Waals surface area contributed by atoms with E-state index in [2.05, 4.69) is 0 Å². The van der Waals surface area contributed by atoms with Crippen molar-refractivity contribution in [3.05, 3.63) is 22.7 Å². The summed E-state index contributed by atoms with van der Waals surface area (Å²) < 4.78 is 30.3. The van der Waals surface area contributed by atoms with Crippen LogP contribution in [0, 0.1) is 0 Å². The van der Waals surface area contributed by atoms with Crippen molar-refractivity contribution >= 4 is 27.6 Å². The van der Waals surface area contributed by atoms with Gasteiger partial charge in [0.1, 0.15) is 5.75 Å². The molecule has 0 aliphatic carbocycles. The number of sulfonamides is 1. The molecule has 1 heterocycles. The summed E-state index contributed by atoms with van der Waals surface area (Å²) in [5.74, 6) is -0.865. The summed E-state index contributed by atoms with van der Waals surface area (Å²) in [7, 11) is -0.793. The van der Waals surface area contributed by atoms with Crippen molar-refractivity contribution < 1.29 is 23.1 Å². The fraction of sp³-hybridized carbons (Fsp3) is 0.364. The summed E-state index contributed by atoms with van der Waals surface area (Å²) >= 11 is 5.95. The molecule has 1 aliphatic rings. The molecule has 6 nitrogen and oxygen atoms in total. The second-order valence-corrected chi connectivity index (χ2v) is 6.89. The van der Waals surface area contributed by atoms with Crippen LogP contribution in [0.3, 0.4) is 0 Å². The Labute approximate surface area is 115 Å². The van der Waals surface area contributed by atoms with Crippen LogP contribution in [0.1, 0.15) is 5.56 Å². The lowest BCUT2D eigenvalue weighted by Crippen LogP contribution is -2.24. The van der Waals surface area contributed by atoms with Gasteiger partial charge in [0.05, 0.1) is 9.92 Å². The quantitative estimate of drug-likeness (QED) is 0.900. The predicted molar refractivity (Wildman–Crippen MR) is 68.1 cm³/mol. The van der Waals surface area contributed by atoms with Crippen LogP contribution in [0.2, 0.25) is 5.02 Å². The molecule has 8 heteroatoms. The Hall–Kier alpha value is -1.31. The molecule has 0 amide bonds. The normalized spacial score (nSPS) is 18.2. The average molecular weight is 306 g/mol. The van der Waals surface area contributed by atoms with Gasteiger partial charge >= 0.3 is 5.97 Å². The number of carbonyl (C=O) groups is 1. The molecule has 1 aromatic carbocycles. The lowest BCUT2D eigenvalue weighted by molar-refractivity contribution is -0.144. The third-order valence-electron chi connectivity index (χ3n) is 2.81. The third-order valence-corrected chi connectivity index (χ3v) is 4.89. The highest BCUT2D eigenvalue weighted by Crippen LogP contribution is 2.38. The molecule has 0 radical (unpaired) electrons. The monoisotopic (exact) mass is 305 g/mol. The Morgan fingerprint density at radius 3 is 2.63 bits per heavy atom. The van der Waals surface area contributed by atoms with Gasteiger partial charge in [-0.25, -0.2) is 17.5 Å². The summed E-state index contributed by atoms with van der Waals surface area (Å²) in [6, 6.07) is 2.67. The predicted octanol–water partition coefficient (Wildman–Crippen LogP) is 0.978. The Kier molecular flexibility index (Phi) is 3.46. The fourth-order valence-electron chi connectivity index (χ4n) is 1.79. The summed E-state index contributed by atoms with van der Waals surface area (Å²) in [6.45, 7) is 0. The van der Waals surface area contributed by atoms with Gasteiger partial charge in [-0.3, -0.25) is 0 Å². The van der Waals surface area contributed by atoms with Gasteiger partial charge in [0, 0.05) is 26.1 Å². The van der Waals surface area contributed by atoms with E-state index < -0.39 is 22.1 Å². The van der Waals surface area contributed by atoms with Crippen molar-refractivity contribution in [3.63, 3.8) is 0 Å². The summed E-state index contributed by atoms with van der Waals surface area (Å²) in [4.78, 5) is 10.9. The second kappa shape index (κ2) is 4.66. The number of nitrogens with zero attached hydrogens (tertiary/aromatic N) is 1. The molecule has 0 saturated carbocycles. The van der Waals surface area contributed by atoms with Gasteiger partial charge in [0.2, 0.25) is 10.0 Å². The molecule has 1 aliphatic heterocycles. The third kappa shape index (κ3) is 2.41. The van der Waals surface area contributed by atoms with Crippen LogP contribution >= 0.6 is 11.6 Å². The standard InChI is InChI=1S/C11H12ClNO5S/c1-13(2)19(16,17)7-3-6-4-9(11(14)15)18-10(6)8(12)5-7/h3,5,9H,4H2,1-2H3,(H,14,15). The maximum absolute atomic E-state index is 12.0. The van der Waals surface area contributed by atoms with E-state index in [0.29, 0.717) is 5.56 Å². The first-order valence-electron chi connectivity index (χ1n) is 5.38. The number of aliphatic carboxylic acids is 1. The first kappa shape index (κ1) is 14.1. The molecule has 19 heavy (non-hydrogen) atoms. The zero-order chi connectivity index (χ0) is 14.4. The van der Waals surface area contributed by atoms with E-state index in [9.17, 15) is 13.2 Å². The molecule has 1 atom stereocenters. The highest BCUT2D eigenvalue weighted by Gasteiger charge is 2.32. The molecule has 2 rings (SSSR count). The lowest BCUT2D eigenvalue weighted by Gasteiger charge is -2.12. The largest absolute Gasteiger partial charge is 0.478 e. The minimum Gasteiger partial charge on any atom is -0.478 e. The van der Waals surface area contributed by atoms with Gasteiger partial charge in [0.15, 0.2) is 6.10 Å². The van der Waals surface area contributed by atoms with Crippen molar-refractivity contribution in [2.75, 3.05) is 14.1 Å². The van der Waals surface area contributed by atoms with Crippen LogP contribution in [0.15, 0.2) is 17.0 Å². The van der Waals surface area contributed by atoms with Crippen LogP contribution in [0.5, 0.6) is 5.75 Å². The highest BCUT2D eigenvalue weighted by atomic mass is 35.5. The number of hydrogen-bond acceptors (Lipinski definition) is 4. The van der Waals surface area contributed by atoms with Gasteiger partial charge in [-0.1, -0.05) is 11.6 Å². The topological polar surface area (TPSA) is 83.9 Å². The maximum Gasteiger partial charge on any atom is 0.345 e. The minimum atomic E-state index is -3.61. The van der Waals surface area contributed by atoms with E-state index in [-0.39, 0.29) is 22.1 Å². The Balaban J connectivity index is 2.49. The zero-order valence-corrected chi connectivity index (χ0v) is 11.8. The van der Waals surface area contributed by atoms with E-state index in [1.54, 1.807) is 0 Å². The van der Waals surface area contributed by atoms with Gasteiger partial charge in [-0.15, -0.1) is 0 Å². The van der Waals surface area contributed by atoms with Crippen LogP contribution < -0.4 is 4.74 Å². The molecular weight excluding hydrogens is 294 g/mol. The molecule has 0 bridgehead atoms. The van der Waals surface area contributed by atoms with Gasteiger partial charge < -0.3 is 9.84 Å². The molecule has 0 aromatic heterocycles. The van der Waals surface area contributed by atoms with Gasteiger partial charge in [0.25, 0.3) is 0 Å². The number of rotatable bonds is 3. The number of fused-ring (bicyclic) bond motifs is 1. The first-order valence-corrected chi connectivity index (χ1v) is 7.19. The van der Waals surface area contributed by atoms with Gasteiger partial charge in [-0.2, -0.15) is 0 Å². The Morgan fingerprint density at radius 1 is 1.47 bits per heavy atom. The molecule has 0 spiro atoms. The van der Waals surface area contributed by atoms with E-state index in [4.69, 9.17) is 21.4 Å². The van der Waals surface area contributed by atoms with Crippen molar-refractivity contribution in [3.8, 4) is 5.75 Å². The second-order valence-electron chi connectivity index (χ2n) is 4.33. The van der Waals surface area contributed by atoms with E-state index >= 15 is 0 Å². The SMILES string of the molecule is CN(C)S(=O)(=O)c1cc(Cl)c2c(c1)CC(C(=O)O)O2. The molecule has 0 saturated heterocycles. The fourth-order valence-corrected chi connectivity index (χ4v) is 3.12. The van der Waals surface area contributed by atoms with Crippen LogP contribution in [0.4, 0.5) is 0 Å². The average Bonchev–Trinajstić information content (AvgIpc) is 2.73. The maximum atomic E-state index is 12.0. The van der Waals surface area contributed by atoms with E-state index in [0.717, 1.165) is 4.31 Å². The van der Waals surface area contributed by atoms with Crippen molar-refractivity contribution in [2.45, 2.75) is 17.4 Å². The molecule has 0 fully saturated rings. The van der Waals surface area contributed by atoms with Crippen LogP contribution in [-0.4, -0.2) is 44.0 Å². The molecule has 1 aromatic rings. The van der Waals surface area contributed by atoms with Gasteiger partial charge in [-0.05, 0) is 12.1 Å². The zero-order valence-electron chi connectivity index (χ0n) is 10.3. The number of hydrogen-bond donors (Lipinski definition) is 1. The molecule has 104 valence electrons. The number of benzene rings is 1. The summed E-state index contributed by atoms with van der Waals surface area (Å²) in [6.07, 6.45) is -0.925. The lowest BCUT2D eigenvalue weighted by atomic mass is 10.1. The summed E-state index contributed by atoms with van der Waals surface area (Å²) in [5.41, 5.74) is 0.486. The van der Waals surface area contributed by atoms with Crippen molar-refractivity contribution in [1.82, 2.24) is 4.31 Å². The number of ether oxygens (including phenoxy) is 1.